The number of ketones is 1. The highest BCUT2D eigenvalue weighted by Gasteiger charge is 2.61. The van der Waals surface area contributed by atoms with Gasteiger partial charge in [-0.25, -0.2) is 0 Å². The summed E-state index contributed by atoms with van der Waals surface area (Å²) in [5.74, 6) is 1.54. The number of fused-ring (bicyclic) bond motifs is 5. The van der Waals surface area contributed by atoms with Crippen molar-refractivity contribution in [1.82, 2.24) is 5.32 Å². The lowest BCUT2D eigenvalue weighted by molar-refractivity contribution is -0.128. The SMILES string of the molecule is C[C@]12CCC(=O)C=C1NC[C@H]1[C@@H]3CCC[C@@]3(C(C(N)=O)c3ccccc3)CC[C@@H]12. The zero-order valence-electron chi connectivity index (χ0n) is 17.3. The van der Waals surface area contributed by atoms with E-state index in [2.05, 4.69) is 24.4 Å². The van der Waals surface area contributed by atoms with Crippen LogP contribution in [0.4, 0.5) is 0 Å². The number of hydrogen-bond donors (Lipinski definition) is 2. The molecule has 4 heteroatoms. The molecule has 1 amide bonds. The molecule has 0 aromatic heterocycles. The molecule has 154 valence electrons. The largest absolute Gasteiger partial charge is 0.387 e. The Morgan fingerprint density at radius 3 is 2.69 bits per heavy atom. The van der Waals surface area contributed by atoms with Crippen molar-refractivity contribution >= 4 is 11.7 Å². The number of hydrogen-bond acceptors (Lipinski definition) is 3. The lowest BCUT2D eigenvalue weighted by atomic mass is 9.47. The molecule has 4 aliphatic rings. The van der Waals surface area contributed by atoms with Crippen molar-refractivity contribution in [3.8, 4) is 0 Å². The van der Waals surface area contributed by atoms with Crippen molar-refractivity contribution in [2.45, 2.75) is 57.8 Å². The third kappa shape index (κ3) is 2.71. The minimum absolute atomic E-state index is 0.0158. The number of carbonyl (C=O) groups is 2. The lowest BCUT2D eigenvalue weighted by Gasteiger charge is -2.59. The first kappa shape index (κ1) is 18.9. The minimum atomic E-state index is -0.199. The summed E-state index contributed by atoms with van der Waals surface area (Å²) in [4.78, 5) is 24.8. The molecule has 4 nitrogen and oxygen atoms in total. The maximum atomic E-state index is 12.8. The van der Waals surface area contributed by atoms with Crippen LogP contribution in [0.15, 0.2) is 42.1 Å². The smallest absolute Gasteiger partial charge is 0.225 e. The zero-order chi connectivity index (χ0) is 20.2. The van der Waals surface area contributed by atoms with E-state index in [0.29, 0.717) is 24.2 Å². The normalized spacial score (nSPS) is 39.4. The number of allylic oxidation sites excluding steroid dienone is 2. The molecule has 2 saturated carbocycles. The summed E-state index contributed by atoms with van der Waals surface area (Å²) in [5, 5.41) is 3.65. The topological polar surface area (TPSA) is 72.2 Å². The molecule has 0 spiro atoms. The van der Waals surface area contributed by atoms with Gasteiger partial charge in [0.2, 0.25) is 5.91 Å². The van der Waals surface area contributed by atoms with Gasteiger partial charge in [0.15, 0.2) is 5.78 Å². The van der Waals surface area contributed by atoms with Crippen molar-refractivity contribution in [2.24, 2.45) is 34.3 Å². The van der Waals surface area contributed by atoms with E-state index < -0.39 is 0 Å². The van der Waals surface area contributed by atoms with Gasteiger partial charge < -0.3 is 11.1 Å². The summed E-state index contributed by atoms with van der Waals surface area (Å²) in [6, 6.07) is 10.2. The maximum Gasteiger partial charge on any atom is 0.225 e. The van der Waals surface area contributed by atoms with Crippen LogP contribution >= 0.6 is 0 Å². The molecule has 0 bridgehead atoms. The fourth-order valence-electron chi connectivity index (χ4n) is 7.78. The van der Waals surface area contributed by atoms with Gasteiger partial charge >= 0.3 is 0 Å². The van der Waals surface area contributed by atoms with Gasteiger partial charge in [-0.2, -0.15) is 0 Å². The van der Waals surface area contributed by atoms with E-state index in [9.17, 15) is 9.59 Å². The van der Waals surface area contributed by atoms with Crippen LogP contribution in [-0.2, 0) is 9.59 Å². The van der Waals surface area contributed by atoms with Crippen LogP contribution in [0, 0.1) is 28.6 Å². The van der Waals surface area contributed by atoms with E-state index in [-0.39, 0.29) is 28.4 Å². The van der Waals surface area contributed by atoms with Gasteiger partial charge in [-0.1, -0.05) is 43.7 Å². The molecule has 29 heavy (non-hydrogen) atoms. The highest BCUT2D eigenvalue weighted by molar-refractivity contribution is 5.91. The van der Waals surface area contributed by atoms with Gasteiger partial charge in [0, 0.05) is 30.2 Å². The lowest BCUT2D eigenvalue weighted by Crippen LogP contribution is -2.58. The number of rotatable bonds is 3. The van der Waals surface area contributed by atoms with E-state index in [1.807, 2.05) is 24.3 Å². The molecule has 1 aliphatic heterocycles. The molecule has 3 N–H and O–H groups in total. The Morgan fingerprint density at radius 1 is 1.14 bits per heavy atom. The minimum Gasteiger partial charge on any atom is -0.387 e. The Morgan fingerprint density at radius 2 is 1.93 bits per heavy atom. The van der Waals surface area contributed by atoms with E-state index in [4.69, 9.17) is 5.73 Å². The molecule has 1 heterocycles. The summed E-state index contributed by atoms with van der Waals surface area (Å²) in [7, 11) is 0. The second-order valence-corrected chi connectivity index (χ2v) is 10.1. The third-order valence-corrected chi connectivity index (χ3v) is 9.00. The first-order valence-corrected chi connectivity index (χ1v) is 11.3. The predicted molar refractivity (Wildman–Crippen MR) is 113 cm³/mol. The van der Waals surface area contributed by atoms with E-state index in [1.54, 1.807) is 0 Å². The average Bonchev–Trinajstić information content (AvgIpc) is 3.14. The Balaban J connectivity index is 1.53. The standard InChI is InChI=1S/C25H32N2O2/c1-24-12-9-17(28)14-21(24)27-15-18-19(24)10-13-25(11-5-8-20(18)25)22(23(26)29)16-6-3-2-4-7-16/h2-4,6-7,14,18-20,22,27H,5,8-13,15H2,1H3,(H2,26,29)/t18-,19+,20+,22?,24-,25-/m1/s1. The predicted octanol–water partition coefficient (Wildman–Crippen LogP) is 3.92. The fourth-order valence-corrected chi connectivity index (χ4v) is 7.78. The molecular formula is C25H32N2O2. The third-order valence-electron chi connectivity index (χ3n) is 9.00. The van der Waals surface area contributed by atoms with Gasteiger partial charge in [0.25, 0.3) is 0 Å². The molecule has 3 fully saturated rings. The molecule has 0 radical (unpaired) electrons. The van der Waals surface area contributed by atoms with Crippen molar-refractivity contribution in [3.63, 3.8) is 0 Å². The van der Waals surface area contributed by atoms with Crippen LogP contribution in [0.3, 0.4) is 0 Å². The van der Waals surface area contributed by atoms with E-state index >= 15 is 0 Å². The van der Waals surface area contributed by atoms with Crippen molar-refractivity contribution in [1.29, 1.82) is 0 Å². The highest BCUT2D eigenvalue weighted by Crippen LogP contribution is 2.66. The molecule has 5 rings (SSSR count). The number of piperidine rings is 1. The van der Waals surface area contributed by atoms with Gasteiger partial charge in [-0.3, -0.25) is 9.59 Å². The van der Waals surface area contributed by atoms with E-state index in [1.165, 1.54) is 12.8 Å². The summed E-state index contributed by atoms with van der Waals surface area (Å²) in [5.41, 5.74) is 8.37. The Labute approximate surface area is 173 Å². The maximum absolute atomic E-state index is 12.8. The molecule has 1 saturated heterocycles. The highest BCUT2D eigenvalue weighted by atomic mass is 16.1. The Bertz CT molecular complexity index is 863. The number of carbonyl (C=O) groups excluding carboxylic acids is 2. The number of nitrogens with one attached hydrogen (secondary N) is 1. The number of primary amides is 1. The summed E-state index contributed by atoms with van der Waals surface area (Å²) >= 11 is 0. The second kappa shape index (κ2) is 6.72. The summed E-state index contributed by atoms with van der Waals surface area (Å²) in [6.07, 6.45) is 9.14. The molecular weight excluding hydrogens is 360 g/mol. The van der Waals surface area contributed by atoms with Gasteiger partial charge in [-0.15, -0.1) is 0 Å². The number of benzene rings is 1. The zero-order valence-corrected chi connectivity index (χ0v) is 17.3. The van der Waals surface area contributed by atoms with Crippen LogP contribution in [0.1, 0.15) is 63.4 Å². The summed E-state index contributed by atoms with van der Waals surface area (Å²) < 4.78 is 0. The van der Waals surface area contributed by atoms with Crippen molar-refractivity contribution in [3.05, 3.63) is 47.7 Å². The summed E-state index contributed by atoms with van der Waals surface area (Å²) in [6.45, 7) is 3.28. The van der Waals surface area contributed by atoms with Crippen LogP contribution in [0.2, 0.25) is 0 Å². The van der Waals surface area contributed by atoms with Crippen LogP contribution in [0.25, 0.3) is 0 Å². The fraction of sp³-hybridized carbons (Fsp3) is 0.600. The van der Waals surface area contributed by atoms with Gasteiger partial charge in [0.05, 0.1) is 5.92 Å². The molecule has 6 atom stereocenters. The number of amides is 1. The Hall–Kier alpha value is -2.10. The quantitative estimate of drug-likeness (QED) is 0.819. The van der Waals surface area contributed by atoms with Crippen LogP contribution in [0.5, 0.6) is 0 Å². The first-order chi connectivity index (χ1) is 14.0. The average molecular weight is 393 g/mol. The van der Waals surface area contributed by atoms with Crippen LogP contribution < -0.4 is 11.1 Å². The van der Waals surface area contributed by atoms with Gasteiger partial charge in [0.1, 0.15) is 0 Å². The molecule has 3 aliphatic carbocycles. The van der Waals surface area contributed by atoms with Crippen LogP contribution in [-0.4, -0.2) is 18.2 Å². The first-order valence-electron chi connectivity index (χ1n) is 11.3. The monoisotopic (exact) mass is 392 g/mol. The Kier molecular flexibility index (Phi) is 4.38. The number of nitrogens with two attached hydrogens (primary N) is 1. The van der Waals surface area contributed by atoms with E-state index in [0.717, 1.165) is 43.5 Å². The second-order valence-electron chi connectivity index (χ2n) is 10.1. The molecule has 1 unspecified atom stereocenters. The van der Waals surface area contributed by atoms with Crippen molar-refractivity contribution < 1.29 is 9.59 Å². The van der Waals surface area contributed by atoms with Crippen molar-refractivity contribution in [2.75, 3.05) is 6.54 Å². The molecule has 1 aromatic rings. The molecule has 1 aromatic carbocycles. The van der Waals surface area contributed by atoms with Gasteiger partial charge in [-0.05, 0) is 60.8 Å².